The molecule has 8 heteroatoms. The van der Waals surface area contributed by atoms with Crippen molar-refractivity contribution in [2.45, 2.75) is 32.4 Å². The van der Waals surface area contributed by atoms with Crippen LogP contribution in [-0.2, 0) is 4.74 Å². The van der Waals surface area contributed by atoms with Crippen LogP contribution in [0.4, 0.5) is 10.6 Å². The Morgan fingerprint density at radius 3 is 2.38 bits per heavy atom. The maximum atomic E-state index is 12.4. The van der Waals surface area contributed by atoms with Crippen molar-refractivity contribution < 1.29 is 9.53 Å². The predicted octanol–water partition coefficient (Wildman–Crippen LogP) is 3.05. The normalized spacial score (nSPS) is 15.8. The van der Waals surface area contributed by atoms with Crippen molar-refractivity contribution in [3.63, 3.8) is 0 Å². The van der Waals surface area contributed by atoms with Gasteiger partial charge < -0.3 is 25.2 Å². The minimum atomic E-state index is -0.553. The smallest absolute Gasteiger partial charge is 0.408 e. The van der Waals surface area contributed by atoms with Gasteiger partial charge in [-0.05, 0) is 38.5 Å². The summed E-state index contributed by atoms with van der Waals surface area (Å²) in [6.07, 6.45) is 1.39. The largest absolute Gasteiger partial charge is 0.444 e. The van der Waals surface area contributed by atoms with Gasteiger partial charge in [-0.3, -0.25) is 4.99 Å². The van der Waals surface area contributed by atoms with Crippen molar-refractivity contribution in [2.75, 3.05) is 44.7 Å². The lowest BCUT2D eigenvalue weighted by atomic mass is 10.1. The number of pyridine rings is 1. The van der Waals surface area contributed by atoms with Crippen LogP contribution in [0.25, 0.3) is 0 Å². The number of hydrogen-bond donors (Lipinski definition) is 2. The third-order valence-corrected chi connectivity index (χ3v) is 5.12. The molecule has 2 N–H and O–H groups in total. The molecule has 32 heavy (non-hydrogen) atoms. The van der Waals surface area contributed by atoms with Crippen LogP contribution in [0.1, 0.15) is 32.4 Å². The van der Waals surface area contributed by atoms with Gasteiger partial charge in [0.2, 0.25) is 0 Å². The SMILES string of the molecule is CN=C(NCC(NC(=O)OC(C)(C)C)c1ccccc1)N1CCN(c2ccccn2)CC1. The van der Waals surface area contributed by atoms with Crippen molar-refractivity contribution in [1.82, 2.24) is 20.5 Å². The molecule has 0 spiro atoms. The van der Waals surface area contributed by atoms with Crippen molar-refractivity contribution >= 4 is 17.9 Å². The standard InChI is InChI=1S/C24H34N6O2/c1-24(2,3)32-23(31)28-20(19-10-6-5-7-11-19)18-27-22(25-4)30-16-14-29(15-17-30)21-12-8-9-13-26-21/h5-13,20H,14-18H2,1-4H3,(H,25,27)(H,28,31). The number of hydrogen-bond acceptors (Lipinski definition) is 5. The van der Waals surface area contributed by atoms with Crippen molar-refractivity contribution in [3.8, 4) is 0 Å². The molecule has 0 radical (unpaired) electrons. The van der Waals surface area contributed by atoms with Crippen LogP contribution in [0.2, 0.25) is 0 Å². The molecule has 1 aliphatic rings. The van der Waals surface area contributed by atoms with Gasteiger partial charge >= 0.3 is 6.09 Å². The van der Waals surface area contributed by atoms with E-state index in [9.17, 15) is 4.79 Å². The van der Waals surface area contributed by atoms with E-state index in [4.69, 9.17) is 4.74 Å². The number of guanidine groups is 1. The number of aliphatic imine (C=N–C) groups is 1. The van der Waals surface area contributed by atoms with Gasteiger partial charge in [0.25, 0.3) is 0 Å². The van der Waals surface area contributed by atoms with Crippen molar-refractivity contribution in [3.05, 3.63) is 60.3 Å². The Morgan fingerprint density at radius 2 is 1.78 bits per heavy atom. The van der Waals surface area contributed by atoms with Crippen LogP contribution in [0.5, 0.6) is 0 Å². The van der Waals surface area contributed by atoms with Crippen LogP contribution >= 0.6 is 0 Å². The quantitative estimate of drug-likeness (QED) is 0.552. The minimum absolute atomic E-state index is 0.252. The fourth-order valence-corrected chi connectivity index (χ4v) is 3.60. The lowest BCUT2D eigenvalue weighted by Crippen LogP contribution is -2.53. The second-order valence-electron chi connectivity index (χ2n) is 8.70. The van der Waals surface area contributed by atoms with Crippen LogP contribution in [-0.4, -0.2) is 67.3 Å². The average molecular weight is 439 g/mol. The highest BCUT2D eigenvalue weighted by atomic mass is 16.6. The zero-order valence-electron chi connectivity index (χ0n) is 19.4. The van der Waals surface area contributed by atoms with Gasteiger partial charge in [0.15, 0.2) is 5.96 Å². The zero-order chi connectivity index (χ0) is 23.0. The van der Waals surface area contributed by atoms with E-state index in [1.54, 1.807) is 7.05 Å². The summed E-state index contributed by atoms with van der Waals surface area (Å²) in [6, 6.07) is 15.6. The number of amides is 1. The molecule has 1 unspecified atom stereocenters. The Bertz CT molecular complexity index is 874. The second-order valence-corrected chi connectivity index (χ2v) is 8.70. The molecule has 2 aromatic rings. The Balaban J connectivity index is 1.59. The third kappa shape index (κ3) is 6.87. The first-order chi connectivity index (χ1) is 15.4. The predicted molar refractivity (Wildman–Crippen MR) is 128 cm³/mol. The molecule has 0 aliphatic carbocycles. The molecular weight excluding hydrogens is 404 g/mol. The van der Waals surface area contributed by atoms with E-state index < -0.39 is 11.7 Å². The topological polar surface area (TPSA) is 82.1 Å². The number of carbonyl (C=O) groups is 1. The van der Waals surface area contributed by atoms with E-state index in [0.29, 0.717) is 6.54 Å². The molecule has 1 aliphatic heterocycles. The number of benzene rings is 1. The molecule has 172 valence electrons. The first-order valence-corrected chi connectivity index (χ1v) is 11.0. The fourth-order valence-electron chi connectivity index (χ4n) is 3.60. The van der Waals surface area contributed by atoms with Gasteiger partial charge in [-0.1, -0.05) is 36.4 Å². The first-order valence-electron chi connectivity index (χ1n) is 11.0. The number of rotatable bonds is 5. The van der Waals surface area contributed by atoms with Crippen LogP contribution in [0, 0.1) is 0 Å². The Morgan fingerprint density at radius 1 is 1.09 bits per heavy atom. The molecule has 1 atom stereocenters. The number of carbonyl (C=O) groups excluding carboxylic acids is 1. The number of aromatic nitrogens is 1. The summed E-state index contributed by atoms with van der Waals surface area (Å²) in [4.78, 5) is 25.8. The van der Waals surface area contributed by atoms with E-state index in [0.717, 1.165) is 43.5 Å². The van der Waals surface area contributed by atoms with Gasteiger partial charge in [-0.2, -0.15) is 0 Å². The zero-order valence-corrected chi connectivity index (χ0v) is 19.4. The molecule has 1 amide bonds. The summed E-state index contributed by atoms with van der Waals surface area (Å²) in [5, 5.41) is 6.42. The highest BCUT2D eigenvalue weighted by molar-refractivity contribution is 5.80. The van der Waals surface area contributed by atoms with Gasteiger partial charge in [0.1, 0.15) is 11.4 Å². The number of nitrogens with one attached hydrogen (secondary N) is 2. The highest BCUT2D eigenvalue weighted by Gasteiger charge is 2.23. The maximum absolute atomic E-state index is 12.4. The third-order valence-electron chi connectivity index (χ3n) is 5.12. The Kier molecular flexibility index (Phi) is 7.92. The number of alkyl carbamates (subject to hydrolysis) is 1. The molecular formula is C24H34N6O2. The van der Waals surface area contributed by atoms with Gasteiger partial charge in [-0.15, -0.1) is 0 Å². The summed E-state index contributed by atoms with van der Waals surface area (Å²) in [7, 11) is 1.78. The highest BCUT2D eigenvalue weighted by Crippen LogP contribution is 2.15. The molecule has 2 heterocycles. The maximum Gasteiger partial charge on any atom is 0.408 e. The van der Waals surface area contributed by atoms with Crippen molar-refractivity contribution in [1.29, 1.82) is 0 Å². The summed E-state index contributed by atoms with van der Waals surface area (Å²) >= 11 is 0. The lowest BCUT2D eigenvalue weighted by Gasteiger charge is -2.37. The van der Waals surface area contributed by atoms with E-state index in [2.05, 4.69) is 30.4 Å². The second kappa shape index (κ2) is 10.8. The molecule has 1 fully saturated rings. The fraction of sp³-hybridized carbons (Fsp3) is 0.458. The summed E-state index contributed by atoms with van der Waals surface area (Å²) in [5.74, 6) is 1.82. The van der Waals surface area contributed by atoms with Crippen LogP contribution in [0.3, 0.4) is 0 Å². The summed E-state index contributed by atoms with van der Waals surface area (Å²) in [6.45, 7) is 9.48. The molecule has 1 aromatic carbocycles. The van der Waals surface area contributed by atoms with Crippen molar-refractivity contribution in [2.24, 2.45) is 4.99 Å². The number of anilines is 1. The average Bonchev–Trinajstić information content (AvgIpc) is 2.79. The first kappa shape index (κ1) is 23.4. The van der Waals surface area contributed by atoms with Gasteiger partial charge in [-0.25, -0.2) is 9.78 Å². The molecule has 1 saturated heterocycles. The molecule has 8 nitrogen and oxygen atoms in total. The van der Waals surface area contributed by atoms with Gasteiger partial charge in [0.05, 0.1) is 6.04 Å². The Hall–Kier alpha value is -3.29. The molecule has 3 rings (SSSR count). The summed E-state index contributed by atoms with van der Waals surface area (Å²) < 4.78 is 5.46. The minimum Gasteiger partial charge on any atom is -0.444 e. The monoisotopic (exact) mass is 438 g/mol. The Labute approximate surface area is 190 Å². The lowest BCUT2D eigenvalue weighted by molar-refractivity contribution is 0.0504. The van der Waals surface area contributed by atoms with E-state index in [-0.39, 0.29) is 6.04 Å². The van der Waals surface area contributed by atoms with Crippen LogP contribution in [0.15, 0.2) is 59.7 Å². The van der Waals surface area contributed by atoms with Gasteiger partial charge in [0, 0.05) is 46.0 Å². The van der Waals surface area contributed by atoms with E-state index in [1.165, 1.54) is 0 Å². The van der Waals surface area contributed by atoms with E-state index >= 15 is 0 Å². The number of nitrogens with zero attached hydrogens (tertiary/aromatic N) is 4. The molecule has 1 aromatic heterocycles. The number of piperazine rings is 1. The van der Waals surface area contributed by atoms with Crippen LogP contribution < -0.4 is 15.5 Å². The van der Waals surface area contributed by atoms with E-state index in [1.807, 2.05) is 75.5 Å². The molecule has 0 saturated carbocycles. The number of ether oxygens (including phenoxy) is 1. The molecule has 0 bridgehead atoms. The summed E-state index contributed by atoms with van der Waals surface area (Å²) in [5.41, 5.74) is 0.448.